The number of hydrogen-bond donors (Lipinski definition) is 1. The van der Waals surface area contributed by atoms with Crippen LogP contribution in [0.1, 0.15) is 30.0 Å². The van der Waals surface area contributed by atoms with Crippen LogP contribution in [-0.4, -0.2) is 4.98 Å². The highest BCUT2D eigenvalue weighted by atomic mass is 32.1. The monoisotopic (exact) mass is 278 g/mol. The largest absolute Gasteiger partial charge is 0.326 e. The van der Waals surface area contributed by atoms with E-state index >= 15 is 0 Å². The average Bonchev–Trinajstić information content (AvgIpc) is 2.75. The summed E-state index contributed by atoms with van der Waals surface area (Å²) in [7, 11) is 0. The van der Waals surface area contributed by atoms with Gasteiger partial charge < -0.3 is 5.73 Å². The fraction of sp³-hybridized carbons (Fsp3) is 0.400. The molecule has 0 atom stereocenters. The zero-order valence-electron chi connectivity index (χ0n) is 11.5. The normalized spacial score (nSPS) is 11.3. The summed E-state index contributed by atoms with van der Waals surface area (Å²) in [4.78, 5) is 5.74. The van der Waals surface area contributed by atoms with Crippen LogP contribution in [0.15, 0.2) is 18.2 Å². The van der Waals surface area contributed by atoms with Gasteiger partial charge in [-0.05, 0) is 30.9 Å². The van der Waals surface area contributed by atoms with Crippen LogP contribution < -0.4 is 5.73 Å². The molecule has 0 amide bonds. The zero-order chi connectivity index (χ0) is 14.0. The first-order chi connectivity index (χ1) is 9.01. The van der Waals surface area contributed by atoms with Gasteiger partial charge in [-0.1, -0.05) is 26.0 Å². The molecule has 19 heavy (non-hydrogen) atoms. The lowest BCUT2D eigenvalue weighted by molar-refractivity contribution is 0.619. The molecule has 0 aliphatic heterocycles. The molecule has 2 aromatic rings. The first-order valence-electron chi connectivity index (χ1n) is 6.46. The molecule has 2 nitrogen and oxygen atoms in total. The van der Waals surface area contributed by atoms with Crippen LogP contribution in [0.2, 0.25) is 0 Å². The van der Waals surface area contributed by atoms with Crippen LogP contribution in [-0.2, 0) is 13.0 Å². The average molecular weight is 278 g/mol. The number of rotatable bonds is 4. The summed E-state index contributed by atoms with van der Waals surface area (Å²) in [5, 5.41) is 0.856. The Morgan fingerprint density at radius 2 is 2.11 bits per heavy atom. The van der Waals surface area contributed by atoms with Gasteiger partial charge in [0.1, 0.15) is 10.8 Å². The number of aryl methyl sites for hydroxylation is 1. The molecule has 0 saturated carbocycles. The number of nitrogens with two attached hydrogens (primary N) is 1. The van der Waals surface area contributed by atoms with E-state index in [1.165, 1.54) is 0 Å². The van der Waals surface area contributed by atoms with Crippen molar-refractivity contribution in [2.24, 2.45) is 11.7 Å². The third kappa shape index (κ3) is 3.19. The number of halogens is 1. The fourth-order valence-corrected chi connectivity index (χ4v) is 2.90. The molecule has 1 aromatic heterocycles. The summed E-state index contributed by atoms with van der Waals surface area (Å²) in [6.45, 7) is 6.57. The van der Waals surface area contributed by atoms with Crippen molar-refractivity contribution in [2.75, 3.05) is 0 Å². The predicted octanol–water partition coefficient (Wildman–Crippen LogP) is 3.91. The first kappa shape index (κ1) is 14.2. The van der Waals surface area contributed by atoms with Gasteiger partial charge in [-0.3, -0.25) is 0 Å². The second-order valence-electron chi connectivity index (χ2n) is 5.15. The summed E-state index contributed by atoms with van der Waals surface area (Å²) in [5.74, 6) is 0.349. The molecule has 2 N–H and O–H groups in total. The first-order valence-corrected chi connectivity index (χ1v) is 7.28. The molecule has 0 unspecified atom stereocenters. The van der Waals surface area contributed by atoms with E-state index in [1.54, 1.807) is 30.4 Å². The third-order valence-electron chi connectivity index (χ3n) is 2.98. The maximum Gasteiger partial charge on any atom is 0.126 e. The van der Waals surface area contributed by atoms with Gasteiger partial charge in [0.05, 0.1) is 5.69 Å². The topological polar surface area (TPSA) is 38.9 Å². The highest BCUT2D eigenvalue weighted by molar-refractivity contribution is 7.15. The van der Waals surface area contributed by atoms with E-state index in [9.17, 15) is 4.39 Å². The van der Waals surface area contributed by atoms with Gasteiger partial charge in [0.15, 0.2) is 0 Å². The Morgan fingerprint density at radius 1 is 1.37 bits per heavy atom. The van der Waals surface area contributed by atoms with Crippen LogP contribution in [0.25, 0.3) is 10.6 Å². The number of hydrogen-bond acceptors (Lipinski definition) is 3. The number of aromatic nitrogens is 1. The van der Waals surface area contributed by atoms with Crippen LogP contribution in [0, 0.1) is 18.7 Å². The SMILES string of the molecule is Cc1ccc(-c2nc(CC(C)C)c(CN)s2)cc1F. The molecule has 1 aromatic carbocycles. The third-order valence-corrected chi connectivity index (χ3v) is 4.15. The molecular weight excluding hydrogens is 259 g/mol. The van der Waals surface area contributed by atoms with Crippen molar-refractivity contribution in [3.8, 4) is 10.6 Å². The molecular formula is C15H19FN2S. The Labute approximate surface area is 117 Å². The van der Waals surface area contributed by atoms with E-state index in [1.807, 2.05) is 6.07 Å². The quantitative estimate of drug-likeness (QED) is 0.920. The predicted molar refractivity (Wildman–Crippen MR) is 78.7 cm³/mol. The van der Waals surface area contributed by atoms with Crippen molar-refractivity contribution in [3.05, 3.63) is 40.2 Å². The maximum atomic E-state index is 13.6. The number of thiazole rings is 1. The summed E-state index contributed by atoms with van der Waals surface area (Å²) >= 11 is 1.57. The molecule has 0 aliphatic rings. The smallest absolute Gasteiger partial charge is 0.126 e. The van der Waals surface area contributed by atoms with Crippen molar-refractivity contribution >= 4 is 11.3 Å². The Balaban J connectivity index is 2.39. The molecule has 0 fully saturated rings. The van der Waals surface area contributed by atoms with Crippen molar-refractivity contribution in [2.45, 2.75) is 33.7 Å². The molecule has 0 radical (unpaired) electrons. The Bertz CT molecular complexity index is 576. The van der Waals surface area contributed by atoms with Crippen molar-refractivity contribution < 1.29 is 4.39 Å². The van der Waals surface area contributed by atoms with Gasteiger partial charge in [0.25, 0.3) is 0 Å². The highest BCUT2D eigenvalue weighted by Gasteiger charge is 2.13. The second kappa shape index (κ2) is 5.80. The summed E-state index contributed by atoms with van der Waals surface area (Å²) < 4.78 is 13.6. The molecule has 0 saturated heterocycles. The summed E-state index contributed by atoms with van der Waals surface area (Å²) in [5.41, 5.74) is 8.31. The van der Waals surface area contributed by atoms with Crippen molar-refractivity contribution in [1.29, 1.82) is 0 Å². The summed E-state index contributed by atoms with van der Waals surface area (Å²) in [6, 6.07) is 5.25. The van der Waals surface area contributed by atoms with E-state index in [2.05, 4.69) is 18.8 Å². The molecule has 102 valence electrons. The van der Waals surface area contributed by atoms with Gasteiger partial charge in [-0.25, -0.2) is 9.37 Å². The minimum atomic E-state index is -0.188. The molecule has 0 bridgehead atoms. The van der Waals surface area contributed by atoms with Gasteiger partial charge >= 0.3 is 0 Å². The minimum Gasteiger partial charge on any atom is -0.326 e. The van der Waals surface area contributed by atoms with E-state index in [4.69, 9.17) is 5.73 Å². The van der Waals surface area contributed by atoms with Gasteiger partial charge in [0, 0.05) is 17.0 Å². The van der Waals surface area contributed by atoms with E-state index in [0.717, 1.165) is 27.6 Å². The Hall–Kier alpha value is -1.26. The summed E-state index contributed by atoms with van der Waals surface area (Å²) in [6.07, 6.45) is 0.914. The number of benzene rings is 1. The zero-order valence-corrected chi connectivity index (χ0v) is 12.4. The fourth-order valence-electron chi connectivity index (χ4n) is 1.94. The maximum absolute atomic E-state index is 13.6. The molecule has 4 heteroatoms. The lowest BCUT2D eigenvalue weighted by atomic mass is 10.1. The van der Waals surface area contributed by atoms with Crippen molar-refractivity contribution in [3.63, 3.8) is 0 Å². The van der Waals surface area contributed by atoms with E-state index in [0.29, 0.717) is 18.0 Å². The van der Waals surface area contributed by atoms with Gasteiger partial charge in [-0.2, -0.15) is 0 Å². The van der Waals surface area contributed by atoms with E-state index < -0.39 is 0 Å². The Kier molecular flexibility index (Phi) is 4.32. The lowest BCUT2D eigenvalue weighted by Gasteiger charge is -2.02. The van der Waals surface area contributed by atoms with Gasteiger partial charge in [-0.15, -0.1) is 11.3 Å². The van der Waals surface area contributed by atoms with E-state index in [-0.39, 0.29) is 5.82 Å². The molecule has 2 rings (SSSR count). The lowest BCUT2D eigenvalue weighted by Crippen LogP contribution is -2.01. The number of nitrogens with zero attached hydrogens (tertiary/aromatic N) is 1. The van der Waals surface area contributed by atoms with Crippen LogP contribution in [0.3, 0.4) is 0 Å². The van der Waals surface area contributed by atoms with Crippen molar-refractivity contribution in [1.82, 2.24) is 4.98 Å². The minimum absolute atomic E-state index is 0.188. The van der Waals surface area contributed by atoms with Crippen LogP contribution in [0.5, 0.6) is 0 Å². The second-order valence-corrected chi connectivity index (χ2v) is 6.24. The Morgan fingerprint density at radius 3 is 2.68 bits per heavy atom. The highest BCUT2D eigenvalue weighted by Crippen LogP contribution is 2.30. The molecule has 1 heterocycles. The van der Waals surface area contributed by atoms with Crippen LogP contribution >= 0.6 is 11.3 Å². The standard InChI is InChI=1S/C15H19FN2S/c1-9(2)6-13-14(8-17)19-15(18-13)11-5-4-10(3)12(16)7-11/h4-5,7,9H,6,8,17H2,1-3H3. The molecule has 0 aliphatic carbocycles. The molecule has 0 spiro atoms. The van der Waals surface area contributed by atoms with Gasteiger partial charge in [0.2, 0.25) is 0 Å². The van der Waals surface area contributed by atoms with Crippen LogP contribution in [0.4, 0.5) is 4.39 Å².